The molecule has 6 nitrogen and oxygen atoms in total. The van der Waals surface area contributed by atoms with E-state index in [0.717, 1.165) is 6.07 Å². The zero-order valence-corrected chi connectivity index (χ0v) is 13.1. The van der Waals surface area contributed by atoms with Crippen molar-refractivity contribution in [3.63, 3.8) is 0 Å². The molecule has 0 unspecified atom stereocenters. The van der Waals surface area contributed by atoms with E-state index in [4.69, 9.17) is 4.74 Å². The van der Waals surface area contributed by atoms with Gasteiger partial charge in [0.15, 0.2) is 0 Å². The van der Waals surface area contributed by atoms with Crippen molar-refractivity contribution >= 4 is 5.91 Å². The Balaban J connectivity index is 1.92. The molecule has 1 amide bonds. The minimum absolute atomic E-state index is 0.0943. The quantitative estimate of drug-likeness (QED) is 0.875. The molecular weight excluding hydrogens is 325 g/mol. The van der Waals surface area contributed by atoms with Gasteiger partial charge in [-0.05, 0) is 26.0 Å². The number of alkyl halides is 3. The number of para-hydroxylation sites is 1. The fourth-order valence-corrected chi connectivity index (χ4v) is 1.98. The molecule has 0 spiro atoms. The van der Waals surface area contributed by atoms with Crippen LogP contribution in [0.5, 0.6) is 5.75 Å². The molecule has 2 aromatic rings. The van der Waals surface area contributed by atoms with Gasteiger partial charge in [-0.1, -0.05) is 12.1 Å². The highest BCUT2D eigenvalue weighted by atomic mass is 19.4. The summed E-state index contributed by atoms with van der Waals surface area (Å²) >= 11 is 0. The second-order valence-corrected chi connectivity index (χ2v) is 5.27. The molecule has 1 aromatic heterocycles. The van der Waals surface area contributed by atoms with Gasteiger partial charge in [-0.3, -0.25) is 4.79 Å². The first-order valence-corrected chi connectivity index (χ1v) is 7.22. The van der Waals surface area contributed by atoms with Crippen molar-refractivity contribution in [3.05, 3.63) is 42.5 Å². The highest BCUT2D eigenvalue weighted by molar-refractivity contribution is 5.79. The van der Waals surface area contributed by atoms with Crippen LogP contribution in [-0.4, -0.2) is 33.3 Å². The molecule has 0 fully saturated rings. The van der Waals surface area contributed by atoms with E-state index in [0.29, 0.717) is 0 Å². The van der Waals surface area contributed by atoms with Crippen LogP contribution in [0.4, 0.5) is 13.2 Å². The summed E-state index contributed by atoms with van der Waals surface area (Å²) in [6.45, 7) is 3.18. The van der Waals surface area contributed by atoms with Crippen LogP contribution in [0.15, 0.2) is 36.9 Å². The third kappa shape index (κ3) is 4.46. The molecular formula is C15H17F3N4O2. The van der Waals surface area contributed by atoms with Crippen molar-refractivity contribution < 1.29 is 22.7 Å². The fraction of sp³-hybridized carbons (Fsp3) is 0.400. The van der Waals surface area contributed by atoms with Gasteiger partial charge in [0.05, 0.1) is 11.6 Å². The first-order chi connectivity index (χ1) is 11.3. The summed E-state index contributed by atoms with van der Waals surface area (Å²) in [7, 11) is 0. The van der Waals surface area contributed by atoms with Gasteiger partial charge >= 0.3 is 6.18 Å². The Morgan fingerprint density at radius 3 is 2.67 bits per heavy atom. The van der Waals surface area contributed by atoms with E-state index in [1.165, 1.54) is 35.5 Å². The number of carbonyl (C=O) groups is 1. The van der Waals surface area contributed by atoms with Gasteiger partial charge in [-0.2, -0.15) is 18.3 Å². The lowest BCUT2D eigenvalue weighted by atomic mass is 10.2. The third-order valence-corrected chi connectivity index (χ3v) is 3.28. The molecule has 2 atom stereocenters. The summed E-state index contributed by atoms with van der Waals surface area (Å²) in [6, 6.07) is 3.88. The van der Waals surface area contributed by atoms with Crippen LogP contribution in [0.2, 0.25) is 0 Å². The molecule has 1 aromatic carbocycles. The van der Waals surface area contributed by atoms with Gasteiger partial charge in [-0.15, -0.1) is 0 Å². The molecule has 2 rings (SSSR count). The van der Waals surface area contributed by atoms with Crippen LogP contribution in [0.25, 0.3) is 0 Å². The van der Waals surface area contributed by atoms with Gasteiger partial charge in [0.1, 0.15) is 31.1 Å². The summed E-state index contributed by atoms with van der Waals surface area (Å²) in [5.74, 6) is -0.601. The molecule has 0 aliphatic rings. The van der Waals surface area contributed by atoms with Gasteiger partial charge in [0.2, 0.25) is 5.91 Å². The Kier molecular flexibility index (Phi) is 5.42. The summed E-state index contributed by atoms with van der Waals surface area (Å²) in [5, 5.41) is 6.53. The molecule has 0 saturated heterocycles. The average Bonchev–Trinajstić information content (AvgIpc) is 3.06. The monoisotopic (exact) mass is 342 g/mol. The summed E-state index contributed by atoms with van der Waals surface area (Å²) in [4.78, 5) is 15.8. The SMILES string of the molecule is C[C@H](COc1ccccc1C(F)(F)F)NC(=O)[C@@H](C)n1cncn1. The largest absolute Gasteiger partial charge is 0.491 e. The van der Waals surface area contributed by atoms with Crippen molar-refractivity contribution in [2.75, 3.05) is 6.61 Å². The normalized spacial score (nSPS) is 14.0. The number of halogens is 3. The van der Waals surface area contributed by atoms with Crippen LogP contribution in [0, 0.1) is 0 Å². The number of ether oxygens (including phenoxy) is 1. The molecule has 0 radical (unpaired) electrons. The number of amides is 1. The van der Waals surface area contributed by atoms with E-state index < -0.39 is 23.8 Å². The van der Waals surface area contributed by atoms with E-state index in [9.17, 15) is 18.0 Å². The Morgan fingerprint density at radius 1 is 1.33 bits per heavy atom. The maximum absolute atomic E-state index is 12.9. The standard InChI is InChI=1S/C15H17F3N4O2/c1-10(21-14(23)11(2)22-9-19-8-20-22)7-24-13-6-4-3-5-12(13)15(16,17)18/h3-6,8-11H,7H2,1-2H3,(H,21,23)/t10-,11-/m1/s1. The predicted octanol–water partition coefficient (Wildman–Crippen LogP) is 2.44. The summed E-state index contributed by atoms with van der Waals surface area (Å²) in [5.41, 5.74) is -0.848. The minimum Gasteiger partial charge on any atom is -0.491 e. The zero-order valence-electron chi connectivity index (χ0n) is 13.1. The number of rotatable bonds is 6. The molecule has 9 heteroatoms. The van der Waals surface area contributed by atoms with Crippen molar-refractivity contribution in [1.29, 1.82) is 0 Å². The minimum atomic E-state index is -4.50. The van der Waals surface area contributed by atoms with Gasteiger partial charge < -0.3 is 10.1 Å². The van der Waals surface area contributed by atoms with Crippen LogP contribution in [-0.2, 0) is 11.0 Å². The number of benzene rings is 1. The average molecular weight is 342 g/mol. The maximum Gasteiger partial charge on any atom is 0.419 e. The van der Waals surface area contributed by atoms with Crippen LogP contribution >= 0.6 is 0 Å². The third-order valence-electron chi connectivity index (χ3n) is 3.28. The first-order valence-electron chi connectivity index (χ1n) is 7.22. The van der Waals surface area contributed by atoms with E-state index in [-0.39, 0.29) is 18.3 Å². The Hall–Kier alpha value is -2.58. The highest BCUT2D eigenvalue weighted by Crippen LogP contribution is 2.35. The Morgan fingerprint density at radius 2 is 2.04 bits per heavy atom. The number of hydrogen-bond acceptors (Lipinski definition) is 4. The summed E-state index contributed by atoms with van der Waals surface area (Å²) in [6.07, 6.45) is -1.78. The predicted molar refractivity (Wildman–Crippen MR) is 79.3 cm³/mol. The fourth-order valence-electron chi connectivity index (χ4n) is 1.98. The number of nitrogens with one attached hydrogen (secondary N) is 1. The van der Waals surface area contributed by atoms with Gasteiger partial charge in [0, 0.05) is 0 Å². The lowest BCUT2D eigenvalue weighted by Gasteiger charge is -2.19. The molecule has 0 bridgehead atoms. The zero-order chi connectivity index (χ0) is 17.7. The van der Waals surface area contributed by atoms with Crippen molar-refractivity contribution in [2.45, 2.75) is 32.1 Å². The van der Waals surface area contributed by atoms with Crippen LogP contribution in [0.3, 0.4) is 0 Å². The van der Waals surface area contributed by atoms with E-state index in [2.05, 4.69) is 15.4 Å². The lowest BCUT2D eigenvalue weighted by Crippen LogP contribution is -2.40. The van der Waals surface area contributed by atoms with Gasteiger partial charge in [0.25, 0.3) is 0 Å². The molecule has 1 N–H and O–H groups in total. The molecule has 130 valence electrons. The van der Waals surface area contributed by atoms with Crippen molar-refractivity contribution in [2.24, 2.45) is 0 Å². The van der Waals surface area contributed by atoms with E-state index in [1.807, 2.05) is 0 Å². The second kappa shape index (κ2) is 7.33. The maximum atomic E-state index is 12.9. The topological polar surface area (TPSA) is 69.0 Å². The van der Waals surface area contributed by atoms with Crippen molar-refractivity contribution in [1.82, 2.24) is 20.1 Å². The van der Waals surface area contributed by atoms with E-state index >= 15 is 0 Å². The number of nitrogens with zero attached hydrogens (tertiary/aromatic N) is 3. The Bertz CT molecular complexity index is 674. The molecule has 1 heterocycles. The first kappa shape index (κ1) is 17.8. The number of carbonyl (C=O) groups excluding carboxylic acids is 1. The van der Waals surface area contributed by atoms with Crippen LogP contribution in [0.1, 0.15) is 25.5 Å². The molecule has 0 aliphatic heterocycles. The molecule has 0 saturated carbocycles. The van der Waals surface area contributed by atoms with E-state index in [1.54, 1.807) is 13.8 Å². The second-order valence-electron chi connectivity index (χ2n) is 5.27. The number of hydrogen-bond donors (Lipinski definition) is 1. The Labute approximate surface area is 136 Å². The van der Waals surface area contributed by atoms with Gasteiger partial charge in [-0.25, -0.2) is 9.67 Å². The summed E-state index contributed by atoms with van der Waals surface area (Å²) < 4.78 is 45.2. The smallest absolute Gasteiger partial charge is 0.419 e. The highest BCUT2D eigenvalue weighted by Gasteiger charge is 2.34. The lowest BCUT2D eigenvalue weighted by molar-refractivity contribution is -0.139. The van der Waals surface area contributed by atoms with Crippen LogP contribution < -0.4 is 10.1 Å². The molecule has 24 heavy (non-hydrogen) atoms. The number of aromatic nitrogens is 3. The molecule has 0 aliphatic carbocycles. The van der Waals surface area contributed by atoms with Crippen molar-refractivity contribution in [3.8, 4) is 5.75 Å².